The number of phosphoric ester groups is 1. The summed E-state index contributed by atoms with van der Waals surface area (Å²) in [6.07, 6.45) is -4.92. The maximum atomic E-state index is 11.1. The lowest BCUT2D eigenvalue weighted by molar-refractivity contribution is -0.172. The first kappa shape index (κ1) is 26.9. The Bertz CT molecular complexity index is 516. The summed E-state index contributed by atoms with van der Waals surface area (Å²) in [5.74, 6) is -1.43. The number of ether oxygens (including phenoxy) is 4. The van der Waals surface area contributed by atoms with Crippen molar-refractivity contribution in [2.75, 3.05) is 33.4 Å². The van der Waals surface area contributed by atoms with Crippen LogP contribution in [-0.2, 0) is 37.6 Å². The van der Waals surface area contributed by atoms with E-state index in [0.29, 0.717) is 0 Å². The first-order valence-electron chi connectivity index (χ1n) is 8.94. The van der Waals surface area contributed by atoms with Crippen LogP contribution in [0.1, 0.15) is 34.6 Å². The Morgan fingerprint density at radius 1 is 1.00 bits per heavy atom. The molecule has 0 amide bonds. The fourth-order valence-electron chi connectivity index (χ4n) is 2.53. The van der Waals surface area contributed by atoms with Gasteiger partial charge in [-0.1, -0.05) is 20.8 Å². The van der Waals surface area contributed by atoms with Crippen molar-refractivity contribution in [2.24, 2.45) is 0 Å². The molecular formula is C16H32NO10P. The van der Waals surface area contributed by atoms with Crippen LogP contribution in [0.15, 0.2) is 0 Å². The third-order valence-corrected chi connectivity index (χ3v) is 4.27. The first-order chi connectivity index (χ1) is 13.0. The van der Waals surface area contributed by atoms with Crippen LogP contribution in [-0.4, -0.2) is 84.6 Å². The molecule has 0 bridgehead atoms. The van der Waals surface area contributed by atoms with Gasteiger partial charge in [0, 0.05) is 21.0 Å². The molecule has 0 unspecified atom stereocenters. The SMILES string of the molecule is CCN(CC)CC.COC[C@H]1O[C@H](OP(=O)(O)O)[C@@H](OC(C)=O)[C@@H]1OC(C)=O. The van der Waals surface area contributed by atoms with E-state index in [1.807, 2.05) is 0 Å². The lowest BCUT2D eigenvalue weighted by Crippen LogP contribution is -2.41. The van der Waals surface area contributed by atoms with Crippen LogP contribution in [0.3, 0.4) is 0 Å². The molecule has 0 radical (unpaired) electrons. The molecule has 28 heavy (non-hydrogen) atoms. The second-order valence-electron chi connectivity index (χ2n) is 5.86. The van der Waals surface area contributed by atoms with Crippen LogP contribution in [0.4, 0.5) is 0 Å². The molecule has 2 N–H and O–H groups in total. The highest BCUT2D eigenvalue weighted by Gasteiger charge is 2.51. The number of hydrogen-bond acceptors (Lipinski definition) is 9. The summed E-state index contributed by atoms with van der Waals surface area (Å²) in [7, 11) is -3.55. The van der Waals surface area contributed by atoms with Crippen molar-refractivity contribution in [1.29, 1.82) is 0 Å². The van der Waals surface area contributed by atoms with Crippen LogP contribution < -0.4 is 0 Å². The Morgan fingerprint density at radius 2 is 1.46 bits per heavy atom. The molecule has 0 spiro atoms. The molecular weight excluding hydrogens is 397 g/mol. The summed E-state index contributed by atoms with van der Waals surface area (Å²) in [4.78, 5) is 42.3. The molecule has 0 aromatic carbocycles. The molecule has 1 fully saturated rings. The van der Waals surface area contributed by atoms with Crippen molar-refractivity contribution in [1.82, 2.24) is 4.90 Å². The quantitative estimate of drug-likeness (QED) is 0.395. The molecule has 1 heterocycles. The second kappa shape index (κ2) is 13.2. The molecule has 1 aliphatic rings. The van der Waals surface area contributed by atoms with Gasteiger partial charge in [0.05, 0.1) is 6.61 Å². The van der Waals surface area contributed by atoms with Gasteiger partial charge in [0.15, 0.2) is 12.2 Å². The van der Waals surface area contributed by atoms with Gasteiger partial charge in [-0.3, -0.25) is 14.1 Å². The Kier molecular flexibility index (Phi) is 12.7. The number of carbonyl (C=O) groups is 2. The van der Waals surface area contributed by atoms with E-state index in [-0.39, 0.29) is 6.61 Å². The lowest BCUT2D eigenvalue weighted by atomic mass is 10.1. The summed E-state index contributed by atoms with van der Waals surface area (Å²) in [5.41, 5.74) is 0. The summed E-state index contributed by atoms with van der Waals surface area (Å²) < 4.78 is 35.3. The largest absolute Gasteiger partial charge is 0.472 e. The molecule has 1 rings (SSSR count). The van der Waals surface area contributed by atoms with Crippen molar-refractivity contribution < 1.29 is 47.4 Å². The topological polar surface area (TPSA) is 141 Å². The molecule has 0 aromatic heterocycles. The number of hydrogen-bond donors (Lipinski definition) is 2. The van der Waals surface area contributed by atoms with E-state index in [1.165, 1.54) is 26.7 Å². The van der Waals surface area contributed by atoms with E-state index >= 15 is 0 Å². The predicted molar refractivity (Wildman–Crippen MR) is 98.2 cm³/mol. The minimum absolute atomic E-state index is 0.0588. The third-order valence-electron chi connectivity index (χ3n) is 3.79. The lowest BCUT2D eigenvalue weighted by Gasteiger charge is -2.23. The van der Waals surface area contributed by atoms with Crippen molar-refractivity contribution in [2.45, 2.75) is 59.2 Å². The minimum Gasteiger partial charge on any atom is -0.455 e. The van der Waals surface area contributed by atoms with Crippen LogP contribution in [0, 0.1) is 0 Å². The van der Waals surface area contributed by atoms with Crippen molar-refractivity contribution in [3.05, 3.63) is 0 Å². The highest BCUT2D eigenvalue weighted by Crippen LogP contribution is 2.42. The molecule has 1 aliphatic heterocycles. The van der Waals surface area contributed by atoms with E-state index in [1.54, 1.807) is 0 Å². The van der Waals surface area contributed by atoms with E-state index in [2.05, 4.69) is 30.2 Å². The Hall–Kier alpha value is -1.07. The highest BCUT2D eigenvalue weighted by atomic mass is 31.2. The molecule has 12 heteroatoms. The van der Waals surface area contributed by atoms with Gasteiger partial charge in [-0.2, -0.15) is 0 Å². The number of phosphoric acid groups is 1. The van der Waals surface area contributed by atoms with Gasteiger partial charge in [0.25, 0.3) is 0 Å². The van der Waals surface area contributed by atoms with E-state index in [0.717, 1.165) is 13.8 Å². The van der Waals surface area contributed by atoms with Gasteiger partial charge in [0.1, 0.15) is 6.10 Å². The maximum absolute atomic E-state index is 11.1. The zero-order chi connectivity index (χ0) is 21.9. The third kappa shape index (κ3) is 10.5. The smallest absolute Gasteiger partial charge is 0.455 e. The normalized spacial score (nSPS) is 24.5. The summed E-state index contributed by atoms with van der Waals surface area (Å²) >= 11 is 0. The fourth-order valence-corrected chi connectivity index (χ4v) is 2.97. The van der Waals surface area contributed by atoms with Crippen molar-refractivity contribution >= 4 is 19.8 Å². The Morgan fingerprint density at radius 3 is 1.79 bits per heavy atom. The van der Waals surface area contributed by atoms with Gasteiger partial charge in [-0.05, 0) is 19.6 Å². The molecule has 4 atom stereocenters. The molecule has 1 saturated heterocycles. The first-order valence-corrected chi connectivity index (χ1v) is 10.5. The monoisotopic (exact) mass is 429 g/mol. The maximum Gasteiger partial charge on any atom is 0.472 e. The Balaban J connectivity index is 0.000000887. The van der Waals surface area contributed by atoms with Crippen molar-refractivity contribution in [3.8, 4) is 0 Å². The summed E-state index contributed by atoms with van der Waals surface area (Å²) in [6.45, 7) is 12.3. The zero-order valence-corrected chi connectivity index (χ0v) is 18.1. The van der Waals surface area contributed by atoms with E-state index in [4.69, 9.17) is 28.7 Å². The average Bonchev–Trinajstić information content (AvgIpc) is 2.84. The minimum atomic E-state index is -4.90. The highest BCUT2D eigenvalue weighted by molar-refractivity contribution is 7.46. The average molecular weight is 429 g/mol. The van der Waals surface area contributed by atoms with Gasteiger partial charge >= 0.3 is 19.8 Å². The molecule has 166 valence electrons. The second-order valence-corrected chi connectivity index (χ2v) is 7.05. The van der Waals surface area contributed by atoms with Crippen molar-refractivity contribution in [3.63, 3.8) is 0 Å². The number of rotatable bonds is 9. The summed E-state index contributed by atoms with van der Waals surface area (Å²) in [6, 6.07) is 0. The van der Waals surface area contributed by atoms with Gasteiger partial charge in [-0.15, -0.1) is 0 Å². The van der Waals surface area contributed by atoms with Crippen LogP contribution >= 0.6 is 7.82 Å². The molecule has 11 nitrogen and oxygen atoms in total. The van der Waals surface area contributed by atoms with Crippen LogP contribution in [0.5, 0.6) is 0 Å². The number of carbonyl (C=O) groups excluding carboxylic acids is 2. The predicted octanol–water partition coefficient (Wildman–Crippen LogP) is 0.678. The number of methoxy groups -OCH3 is 1. The van der Waals surface area contributed by atoms with Crippen LogP contribution in [0.2, 0.25) is 0 Å². The van der Waals surface area contributed by atoms with Crippen LogP contribution in [0.25, 0.3) is 0 Å². The van der Waals surface area contributed by atoms with E-state index in [9.17, 15) is 14.2 Å². The van der Waals surface area contributed by atoms with Gasteiger partial charge < -0.3 is 33.6 Å². The zero-order valence-electron chi connectivity index (χ0n) is 17.2. The van der Waals surface area contributed by atoms with Gasteiger partial charge in [-0.25, -0.2) is 4.57 Å². The molecule has 0 aliphatic carbocycles. The Labute approximate surface area is 165 Å². The summed E-state index contributed by atoms with van der Waals surface area (Å²) in [5, 5.41) is 0. The van der Waals surface area contributed by atoms with Gasteiger partial charge in [0.2, 0.25) is 6.29 Å². The number of esters is 2. The standard InChI is InChI=1S/C10H17O10P.C6H15N/c1-5(11)17-8-7(4-16-3)19-10(20-21(13,14)15)9(8)18-6(2)12;1-4-7(5-2)6-3/h7-10H,4H2,1-3H3,(H2,13,14,15);4-6H2,1-3H3/t7-,8-,9+,10-;/m1./s1. The number of nitrogens with zero attached hydrogens (tertiary/aromatic N) is 1. The fraction of sp³-hybridized carbons (Fsp3) is 0.875. The molecule has 0 saturated carbocycles. The molecule has 0 aromatic rings. The van der Waals surface area contributed by atoms with E-state index < -0.39 is 44.4 Å².